The summed E-state index contributed by atoms with van der Waals surface area (Å²) in [5.74, 6) is -0.642. The van der Waals surface area contributed by atoms with Gasteiger partial charge in [-0.05, 0) is 31.5 Å². The molecule has 0 fully saturated rings. The fourth-order valence-corrected chi connectivity index (χ4v) is 1.56. The summed E-state index contributed by atoms with van der Waals surface area (Å²) in [6, 6.07) is 6.79. The highest BCUT2D eigenvalue weighted by atomic mass is 35.5. The second-order valence-electron chi connectivity index (χ2n) is 4.78. The van der Waals surface area contributed by atoms with Gasteiger partial charge in [0, 0.05) is 18.5 Å². The number of ether oxygens (including phenoxy) is 1. The van der Waals surface area contributed by atoms with Crippen LogP contribution in [0, 0.1) is 5.92 Å². The number of carbonyl (C=O) groups excluding carboxylic acids is 2. The Kier molecular flexibility index (Phi) is 8.66. The number of amides is 1. The van der Waals surface area contributed by atoms with Gasteiger partial charge in [0.25, 0.3) is 0 Å². The average Bonchev–Trinajstić information content (AvgIpc) is 2.44. The zero-order chi connectivity index (χ0) is 15.1. The van der Waals surface area contributed by atoms with Crippen LogP contribution < -0.4 is 11.1 Å². The first-order valence-electron chi connectivity index (χ1n) is 6.75. The van der Waals surface area contributed by atoms with E-state index in [2.05, 4.69) is 5.32 Å². The molecule has 3 N–H and O–H groups in total. The molecule has 0 aliphatic heterocycles. The molecule has 0 heterocycles. The minimum absolute atomic E-state index is 0. The SMILES string of the molecule is CCOC(=O)c1ccc(CNC(=O)C(C)C(C)N)cc1.Cl. The van der Waals surface area contributed by atoms with Gasteiger partial charge in [0.1, 0.15) is 0 Å². The molecule has 0 saturated carbocycles. The fraction of sp³-hybridized carbons (Fsp3) is 0.467. The topological polar surface area (TPSA) is 81.4 Å². The van der Waals surface area contributed by atoms with E-state index < -0.39 is 0 Å². The Morgan fingerprint density at radius 3 is 2.29 bits per heavy atom. The first-order chi connectivity index (χ1) is 9.45. The Morgan fingerprint density at radius 2 is 1.81 bits per heavy atom. The van der Waals surface area contributed by atoms with Gasteiger partial charge in [-0.3, -0.25) is 4.79 Å². The fourth-order valence-electron chi connectivity index (χ4n) is 1.56. The molecule has 118 valence electrons. The summed E-state index contributed by atoms with van der Waals surface area (Å²) in [7, 11) is 0. The second-order valence-corrected chi connectivity index (χ2v) is 4.78. The van der Waals surface area contributed by atoms with Gasteiger partial charge >= 0.3 is 5.97 Å². The highest BCUT2D eigenvalue weighted by molar-refractivity contribution is 5.89. The van der Waals surface area contributed by atoms with E-state index in [9.17, 15) is 9.59 Å². The molecule has 1 aromatic carbocycles. The van der Waals surface area contributed by atoms with E-state index in [0.29, 0.717) is 18.7 Å². The van der Waals surface area contributed by atoms with E-state index in [1.807, 2.05) is 0 Å². The number of hydrogen-bond donors (Lipinski definition) is 2. The van der Waals surface area contributed by atoms with Gasteiger partial charge in [-0.2, -0.15) is 0 Å². The normalized spacial score (nSPS) is 12.8. The van der Waals surface area contributed by atoms with E-state index in [4.69, 9.17) is 10.5 Å². The van der Waals surface area contributed by atoms with Gasteiger partial charge in [0.05, 0.1) is 12.2 Å². The minimum Gasteiger partial charge on any atom is -0.462 e. The van der Waals surface area contributed by atoms with Gasteiger partial charge in [-0.25, -0.2) is 4.79 Å². The molecule has 0 aliphatic rings. The molecule has 21 heavy (non-hydrogen) atoms. The monoisotopic (exact) mass is 314 g/mol. The molecule has 0 aromatic heterocycles. The Hall–Kier alpha value is -1.59. The van der Waals surface area contributed by atoms with Gasteiger partial charge in [-0.15, -0.1) is 12.4 Å². The van der Waals surface area contributed by atoms with Crippen molar-refractivity contribution in [3.8, 4) is 0 Å². The van der Waals surface area contributed by atoms with Crippen LogP contribution in [0.2, 0.25) is 0 Å². The highest BCUT2D eigenvalue weighted by Crippen LogP contribution is 2.07. The van der Waals surface area contributed by atoms with Crippen molar-refractivity contribution in [1.82, 2.24) is 5.32 Å². The van der Waals surface area contributed by atoms with E-state index in [0.717, 1.165) is 5.56 Å². The molecule has 1 amide bonds. The maximum atomic E-state index is 11.8. The number of nitrogens with two attached hydrogens (primary N) is 1. The number of esters is 1. The third-order valence-electron chi connectivity index (χ3n) is 3.13. The summed E-state index contributed by atoms with van der Waals surface area (Å²) in [5.41, 5.74) is 7.10. The minimum atomic E-state index is -0.339. The molecule has 0 spiro atoms. The van der Waals surface area contributed by atoms with E-state index >= 15 is 0 Å². The van der Waals surface area contributed by atoms with Gasteiger partial charge in [-0.1, -0.05) is 19.1 Å². The van der Waals surface area contributed by atoms with Crippen LogP contribution in [0.3, 0.4) is 0 Å². The first kappa shape index (κ1) is 19.4. The lowest BCUT2D eigenvalue weighted by Crippen LogP contribution is -2.38. The third kappa shape index (κ3) is 6.14. The lowest BCUT2D eigenvalue weighted by molar-refractivity contribution is -0.125. The highest BCUT2D eigenvalue weighted by Gasteiger charge is 2.16. The number of halogens is 1. The van der Waals surface area contributed by atoms with Crippen LogP contribution in [-0.2, 0) is 16.1 Å². The van der Waals surface area contributed by atoms with Crippen molar-refractivity contribution in [2.75, 3.05) is 6.61 Å². The van der Waals surface area contributed by atoms with Crippen molar-refractivity contribution < 1.29 is 14.3 Å². The Labute approximate surface area is 131 Å². The number of hydrogen-bond acceptors (Lipinski definition) is 4. The van der Waals surface area contributed by atoms with E-state index in [-0.39, 0.29) is 36.2 Å². The molecule has 6 heteroatoms. The summed E-state index contributed by atoms with van der Waals surface area (Å²) in [6.07, 6.45) is 0. The third-order valence-corrected chi connectivity index (χ3v) is 3.13. The molecule has 2 unspecified atom stereocenters. The zero-order valence-corrected chi connectivity index (χ0v) is 13.4. The van der Waals surface area contributed by atoms with Crippen LogP contribution in [0.5, 0.6) is 0 Å². The van der Waals surface area contributed by atoms with Crippen molar-refractivity contribution in [3.05, 3.63) is 35.4 Å². The summed E-state index contributed by atoms with van der Waals surface area (Å²) in [6.45, 7) is 6.13. The van der Waals surface area contributed by atoms with Crippen LogP contribution in [0.4, 0.5) is 0 Å². The Morgan fingerprint density at radius 1 is 1.24 bits per heavy atom. The van der Waals surface area contributed by atoms with Crippen LogP contribution >= 0.6 is 12.4 Å². The van der Waals surface area contributed by atoms with Crippen molar-refractivity contribution >= 4 is 24.3 Å². The van der Waals surface area contributed by atoms with Crippen molar-refractivity contribution in [1.29, 1.82) is 0 Å². The molecule has 0 bridgehead atoms. The molecular formula is C15H23ClN2O3. The Balaban J connectivity index is 0.00000400. The Bertz CT molecular complexity index is 460. The van der Waals surface area contributed by atoms with Gasteiger partial charge in [0.2, 0.25) is 5.91 Å². The second kappa shape index (κ2) is 9.37. The maximum absolute atomic E-state index is 11.8. The molecule has 0 aliphatic carbocycles. The quantitative estimate of drug-likeness (QED) is 0.786. The largest absolute Gasteiger partial charge is 0.462 e. The molecule has 0 radical (unpaired) electrons. The smallest absolute Gasteiger partial charge is 0.338 e. The van der Waals surface area contributed by atoms with Crippen LogP contribution in [0.15, 0.2) is 24.3 Å². The summed E-state index contributed by atoms with van der Waals surface area (Å²) >= 11 is 0. The molecule has 1 rings (SSSR count). The summed E-state index contributed by atoms with van der Waals surface area (Å²) in [5, 5.41) is 2.82. The summed E-state index contributed by atoms with van der Waals surface area (Å²) < 4.78 is 4.90. The number of carbonyl (C=O) groups is 2. The molecule has 5 nitrogen and oxygen atoms in total. The van der Waals surface area contributed by atoms with Crippen LogP contribution in [0.1, 0.15) is 36.7 Å². The van der Waals surface area contributed by atoms with Crippen LogP contribution in [0.25, 0.3) is 0 Å². The number of rotatable bonds is 6. The predicted molar refractivity (Wildman–Crippen MR) is 84.3 cm³/mol. The lowest BCUT2D eigenvalue weighted by Gasteiger charge is -2.15. The first-order valence-corrected chi connectivity index (χ1v) is 6.75. The van der Waals surface area contributed by atoms with Gasteiger partial charge in [0.15, 0.2) is 0 Å². The molecule has 2 atom stereocenters. The number of nitrogens with one attached hydrogen (secondary N) is 1. The van der Waals surface area contributed by atoms with E-state index in [1.54, 1.807) is 45.0 Å². The molecule has 1 aromatic rings. The average molecular weight is 315 g/mol. The number of benzene rings is 1. The molecular weight excluding hydrogens is 292 g/mol. The predicted octanol–water partition coefficient (Wildman–Crippen LogP) is 1.88. The van der Waals surface area contributed by atoms with Crippen molar-refractivity contribution in [2.45, 2.75) is 33.4 Å². The summed E-state index contributed by atoms with van der Waals surface area (Å²) in [4.78, 5) is 23.2. The van der Waals surface area contributed by atoms with Gasteiger partial charge < -0.3 is 15.8 Å². The maximum Gasteiger partial charge on any atom is 0.338 e. The standard InChI is InChI=1S/C15H22N2O3.ClH/c1-4-20-15(19)13-7-5-12(6-8-13)9-17-14(18)10(2)11(3)16;/h5-8,10-11H,4,9,16H2,1-3H3,(H,17,18);1H. The molecule has 0 saturated heterocycles. The van der Waals surface area contributed by atoms with Crippen molar-refractivity contribution in [3.63, 3.8) is 0 Å². The van der Waals surface area contributed by atoms with E-state index in [1.165, 1.54) is 0 Å². The lowest BCUT2D eigenvalue weighted by atomic mass is 10.0. The van der Waals surface area contributed by atoms with Crippen molar-refractivity contribution in [2.24, 2.45) is 11.7 Å². The zero-order valence-electron chi connectivity index (χ0n) is 12.6. The van der Waals surface area contributed by atoms with Crippen LogP contribution in [-0.4, -0.2) is 24.5 Å².